The zero-order chi connectivity index (χ0) is 18.4. The van der Waals surface area contributed by atoms with E-state index in [2.05, 4.69) is 19.2 Å². The van der Waals surface area contributed by atoms with Crippen LogP contribution >= 0.6 is 11.8 Å². The molecule has 6 nitrogen and oxygen atoms in total. The van der Waals surface area contributed by atoms with Gasteiger partial charge in [0, 0.05) is 10.9 Å². The second kappa shape index (κ2) is 8.71. The maximum absolute atomic E-state index is 11.8. The van der Waals surface area contributed by atoms with Crippen LogP contribution in [0.4, 0.5) is 5.69 Å². The van der Waals surface area contributed by atoms with Gasteiger partial charge in [0.1, 0.15) is 0 Å². The Kier molecular flexibility index (Phi) is 6.89. The minimum Gasteiger partial charge on any atom is -0.455 e. The Bertz CT molecular complexity index is 713. The van der Waals surface area contributed by atoms with Gasteiger partial charge in [0.15, 0.2) is 16.4 Å². The number of nitrogens with one attached hydrogen (secondary N) is 1. The number of carbonyl (C=O) groups is 2. The van der Waals surface area contributed by atoms with Crippen LogP contribution in [0.25, 0.3) is 0 Å². The van der Waals surface area contributed by atoms with Crippen molar-refractivity contribution >= 4 is 39.2 Å². The van der Waals surface area contributed by atoms with Gasteiger partial charge in [0.25, 0.3) is 5.91 Å². The van der Waals surface area contributed by atoms with Gasteiger partial charge < -0.3 is 10.1 Å². The lowest BCUT2D eigenvalue weighted by atomic mass is 10.0. The van der Waals surface area contributed by atoms with Gasteiger partial charge in [-0.25, -0.2) is 8.42 Å². The summed E-state index contributed by atoms with van der Waals surface area (Å²) in [5, 5.41) is 2.61. The van der Waals surface area contributed by atoms with E-state index in [1.807, 2.05) is 24.3 Å². The highest BCUT2D eigenvalue weighted by molar-refractivity contribution is 8.02. The number of esters is 1. The summed E-state index contributed by atoms with van der Waals surface area (Å²) >= 11 is 1.27. The Morgan fingerprint density at radius 3 is 2.52 bits per heavy atom. The minimum absolute atomic E-state index is 0.0521. The Labute approximate surface area is 152 Å². The van der Waals surface area contributed by atoms with Crippen molar-refractivity contribution in [3.63, 3.8) is 0 Å². The van der Waals surface area contributed by atoms with Crippen molar-refractivity contribution in [3.8, 4) is 0 Å². The molecule has 138 valence electrons. The molecular formula is C17H23NO5S2. The summed E-state index contributed by atoms with van der Waals surface area (Å²) in [4.78, 5) is 23.5. The molecule has 0 radical (unpaired) electrons. The number of thioether (sulfide) groups is 1. The number of benzene rings is 1. The smallest absolute Gasteiger partial charge is 0.316 e. The number of rotatable bonds is 7. The highest BCUT2D eigenvalue weighted by atomic mass is 32.2. The molecule has 1 aliphatic rings. The van der Waals surface area contributed by atoms with E-state index in [-0.39, 0.29) is 29.1 Å². The van der Waals surface area contributed by atoms with Crippen molar-refractivity contribution < 1.29 is 22.7 Å². The van der Waals surface area contributed by atoms with Crippen LogP contribution in [0.15, 0.2) is 24.3 Å². The van der Waals surface area contributed by atoms with Crippen molar-refractivity contribution in [1.82, 2.24) is 0 Å². The molecule has 1 aromatic rings. The van der Waals surface area contributed by atoms with Crippen LogP contribution in [-0.2, 0) is 24.2 Å². The molecule has 0 saturated carbocycles. The molecule has 1 saturated heterocycles. The quantitative estimate of drug-likeness (QED) is 0.724. The third-order valence-electron chi connectivity index (χ3n) is 3.85. The van der Waals surface area contributed by atoms with E-state index in [0.717, 1.165) is 0 Å². The molecule has 1 N–H and O–H groups in total. The van der Waals surface area contributed by atoms with E-state index in [4.69, 9.17) is 4.74 Å². The summed E-state index contributed by atoms with van der Waals surface area (Å²) in [6, 6.07) is 7.51. The third-order valence-corrected chi connectivity index (χ3v) is 7.11. The number of sulfone groups is 1. The summed E-state index contributed by atoms with van der Waals surface area (Å²) < 4.78 is 27.6. The predicted octanol–water partition coefficient (Wildman–Crippen LogP) is 2.21. The van der Waals surface area contributed by atoms with Crippen LogP contribution in [0.1, 0.15) is 31.7 Å². The SMILES string of the molecule is CC(C)c1ccc(NC(=O)COC(=O)CS[C@@H]2CCS(=O)(=O)C2)cc1. The predicted molar refractivity (Wildman–Crippen MR) is 99.6 cm³/mol. The average molecular weight is 386 g/mol. The lowest BCUT2D eigenvalue weighted by molar-refractivity contribution is -0.144. The first-order valence-corrected chi connectivity index (χ1v) is 11.0. The normalized spacial score (nSPS) is 18.9. The van der Waals surface area contributed by atoms with E-state index in [1.54, 1.807) is 0 Å². The average Bonchev–Trinajstić information content (AvgIpc) is 2.90. The van der Waals surface area contributed by atoms with E-state index >= 15 is 0 Å². The molecule has 8 heteroatoms. The zero-order valence-electron chi connectivity index (χ0n) is 14.4. The Morgan fingerprint density at radius 2 is 1.96 bits per heavy atom. The van der Waals surface area contributed by atoms with Crippen molar-refractivity contribution in [3.05, 3.63) is 29.8 Å². The molecule has 1 aromatic carbocycles. The first-order valence-electron chi connectivity index (χ1n) is 8.12. The molecule has 0 aliphatic carbocycles. The molecule has 0 unspecified atom stereocenters. The Balaban J connectivity index is 1.68. The number of carbonyl (C=O) groups excluding carboxylic acids is 2. The highest BCUT2D eigenvalue weighted by Crippen LogP contribution is 2.24. The van der Waals surface area contributed by atoms with Gasteiger partial charge in [-0.1, -0.05) is 26.0 Å². The number of ether oxygens (including phenoxy) is 1. The molecular weight excluding hydrogens is 362 g/mol. The van der Waals surface area contributed by atoms with E-state index in [0.29, 0.717) is 18.0 Å². The topological polar surface area (TPSA) is 89.5 Å². The standard InChI is InChI=1S/C17H23NO5S2/c1-12(2)13-3-5-14(6-4-13)18-16(19)9-23-17(20)10-24-15-7-8-25(21,22)11-15/h3-6,12,15H,7-11H2,1-2H3,(H,18,19)/t15-/m1/s1. The highest BCUT2D eigenvalue weighted by Gasteiger charge is 2.28. The summed E-state index contributed by atoms with van der Waals surface area (Å²) in [6.45, 7) is 3.83. The second-order valence-corrected chi connectivity index (χ2v) is 9.84. The molecule has 1 amide bonds. The van der Waals surface area contributed by atoms with Gasteiger partial charge >= 0.3 is 5.97 Å². The minimum atomic E-state index is -2.95. The largest absolute Gasteiger partial charge is 0.455 e. The molecule has 25 heavy (non-hydrogen) atoms. The van der Waals surface area contributed by atoms with Gasteiger partial charge in [0.05, 0.1) is 17.3 Å². The fraction of sp³-hybridized carbons (Fsp3) is 0.529. The molecule has 2 rings (SSSR count). The van der Waals surface area contributed by atoms with Gasteiger partial charge in [-0.2, -0.15) is 0 Å². The summed E-state index contributed by atoms with van der Waals surface area (Å²) in [6.07, 6.45) is 0.563. The molecule has 0 bridgehead atoms. The van der Waals surface area contributed by atoms with Crippen molar-refractivity contribution in [2.75, 3.05) is 29.2 Å². The van der Waals surface area contributed by atoms with Crippen LogP contribution in [0, 0.1) is 0 Å². The van der Waals surface area contributed by atoms with Crippen LogP contribution in [-0.4, -0.2) is 49.4 Å². The van der Waals surface area contributed by atoms with Gasteiger partial charge in [-0.15, -0.1) is 11.8 Å². The molecule has 0 spiro atoms. The first kappa shape index (κ1) is 19.8. The molecule has 1 aliphatic heterocycles. The number of hydrogen-bond acceptors (Lipinski definition) is 6. The van der Waals surface area contributed by atoms with E-state index in [9.17, 15) is 18.0 Å². The fourth-order valence-corrected chi connectivity index (χ4v) is 5.85. The Hall–Kier alpha value is -1.54. The first-order chi connectivity index (χ1) is 11.7. The van der Waals surface area contributed by atoms with Crippen LogP contribution in [0.2, 0.25) is 0 Å². The van der Waals surface area contributed by atoms with Gasteiger partial charge in [-0.05, 0) is 30.0 Å². The number of amides is 1. The lowest BCUT2D eigenvalue weighted by Crippen LogP contribution is -2.22. The van der Waals surface area contributed by atoms with Crippen molar-refractivity contribution in [1.29, 1.82) is 0 Å². The maximum Gasteiger partial charge on any atom is 0.316 e. The number of anilines is 1. The second-order valence-electron chi connectivity index (χ2n) is 6.32. The summed E-state index contributed by atoms with van der Waals surface area (Å²) in [5.74, 6) is -0.164. The monoisotopic (exact) mass is 385 g/mol. The van der Waals surface area contributed by atoms with Crippen LogP contribution < -0.4 is 5.32 Å². The van der Waals surface area contributed by atoms with E-state index in [1.165, 1.54) is 17.3 Å². The fourth-order valence-electron chi connectivity index (χ4n) is 2.41. The maximum atomic E-state index is 11.8. The molecule has 1 atom stereocenters. The van der Waals surface area contributed by atoms with Gasteiger partial charge in [0.2, 0.25) is 0 Å². The number of hydrogen-bond donors (Lipinski definition) is 1. The van der Waals surface area contributed by atoms with Crippen LogP contribution in [0.5, 0.6) is 0 Å². The van der Waals surface area contributed by atoms with Gasteiger partial charge in [-0.3, -0.25) is 9.59 Å². The van der Waals surface area contributed by atoms with Crippen molar-refractivity contribution in [2.24, 2.45) is 0 Å². The molecule has 1 fully saturated rings. The van der Waals surface area contributed by atoms with Crippen LogP contribution in [0.3, 0.4) is 0 Å². The Morgan fingerprint density at radius 1 is 1.28 bits per heavy atom. The zero-order valence-corrected chi connectivity index (χ0v) is 16.0. The third kappa shape index (κ3) is 6.70. The van der Waals surface area contributed by atoms with E-state index < -0.39 is 21.7 Å². The lowest BCUT2D eigenvalue weighted by Gasteiger charge is -2.10. The summed E-state index contributed by atoms with van der Waals surface area (Å²) in [5.41, 5.74) is 1.83. The summed E-state index contributed by atoms with van der Waals surface area (Å²) in [7, 11) is -2.95. The van der Waals surface area contributed by atoms with Crippen molar-refractivity contribution in [2.45, 2.75) is 31.4 Å². The molecule has 0 aromatic heterocycles. The molecule has 1 heterocycles.